The number of aliphatic hydroxyl groups excluding tert-OH is 1. The monoisotopic (exact) mass is 276 g/mol. The lowest BCUT2D eigenvalue weighted by Crippen LogP contribution is -2.31. The number of benzene rings is 1. The highest BCUT2D eigenvalue weighted by atomic mass is 16.3. The van der Waals surface area contributed by atoms with Crippen LogP contribution in [0.1, 0.15) is 37.0 Å². The second-order valence-corrected chi connectivity index (χ2v) is 5.56. The van der Waals surface area contributed by atoms with E-state index in [4.69, 9.17) is 0 Å². The van der Waals surface area contributed by atoms with Gasteiger partial charge in [0.15, 0.2) is 0 Å². The molecule has 1 aromatic rings. The maximum atomic E-state index is 12.0. The maximum absolute atomic E-state index is 12.0. The minimum Gasteiger partial charge on any atom is -0.396 e. The lowest BCUT2D eigenvalue weighted by atomic mass is 10.1. The van der Waals surface area contributed by atoms with Gasteiger partial charge >= 0.3 is 0 Å². The Hall–Kier alpha value is -1.55. The van der Waals surface area contributed by atoms with Crippen LogP contribution in [0.25, 0.3) is 0 Å². The van der Waals surface area contributed by atoms with Crippen LogP contribution >= 0.6 is 0 Å². The summed E-state index contributed by atoms with van der Waals surface area (Å²) in [4.78, 5) is 14.3. The van der Waals surface area contributed by atoms with E-state index in [1.807, 2.05) is 24.3 Å². The topological polar surface area (TPSA) is 52.6 Å². The van der Waals surface area contributed by atoms with Crippen LogP contribution in [-0.2, 0) is 0 Å². The van der Waals surface area contributed by atoms with Crippen LogP contribution < -0.4 is 10.2 Å². The van der Waals surface area contributed by atoms with Gasteiger partial charge in [-0.1, -0.05) is 0 Å². The SMILES string of the molecule is CCN(CC)c1ccc(C(=O)NCC2(CO)CC2)cc1. The van der Waals surface area contributed by atoms with Crippen molar-refractivity contribution in [3.05, 3.63) is 29.8 Å². The summed E-state index contributed by atoms with van der Waals surface area (Å²) in [7, 11) is 0. The molecule has 1 amide bonds. The highest BCUT2D eigenvalue weighted by Gasteiger charge is 2.42. The molecular weight excluding hydrogens is 252 g/mol. The molecule has 1 aliphatic rings. The Kier molecular flexibility index (Phi) is 4.65. The number of nitrogens with one attached hydrogen (secondary N) is 1. The van der Waals surface area contributed by atoms with Crippen LogP contribution in [0.5, 0.6) is 0 Å². The zero-order valence-electron chi connectivity index (χ0n) is 12.4. The lowest BCUT2D eigenvalue weighted by molar-refractivity contribution is 0.0935. The Morgan fingerprint density at radius 1 is 1.25 bits per heavy atom. The van der Waals surface area contributed by atoms with Crippen molar-refractivity contribution < 1.29 is 9.90 Å². The third-order valence-electron chi connectivity index (χ3n) is 4.17. The van der Waals surface area contributed by atoms with Crippen LogP contribution in [0.2, 0.25) is 0 Å². The van der Waals surface area contributed by atoms with Crippen molar-refractivity contribution in [2.45, 2.75) is 26.7 Å². The third-order valence-corrected chi connectivity index (χ3v) is 4.17. The van der Waals surface area contributed by atoms with E-state index in [0.29, 0.717) is 12.1 Å². The molecule has 1 aliphatic carbocycles. The molecule has 0 atom stereocenters. The lowest BCUT2D eigenvalue weighted by Gasteiger charge is -2.21. The van der Waals surface area contributed by atoms with Gasteiger partial charge in [-0.3, -0.25) is 4.79 Å². The van der Waals surface area contributed by atoms with Crippen LogP contribution in [0.3, 0.4) is 0 Å². The average molecular weight is 276 g/mol. The van der Waals surface area contributed by atoms with Crippen molar-refractivity contribution in [2.75, 3.05) is 31.1 Å². The molecule has 0 saturated heterocycles. The third kappa shape index (κ3) is 3.31. The molecule has 0 unspecified atom stereocenters. The van der Waals surface area contributed by atoms with E-state index in [1.165, 1.54) is 0 Å². The number of nitrogens with zero attached hydrogens (tertiary/aromatic N) is 1. The molecule has 0 aromatic heterocycles. The van der Waals surface area contributed by atoms with E-state index in [1.54, 1.807) is 0 Å². The summed E-state index contributed by atoms with van der Waals surface area (Å²) in [5.41, 5.74) is 1.77. The maximum Gasteiger partial charge on any atom is 0.251 e. The largest absolute Gasteiger partial charge is 0.396 e. The average Bonchev–Trinajstić information content (AvgIpc) is 3.27. The first-order valence-corrected chi connectivity index (χ1v) is 7.38. The Bertz CT molecular complexity index is 448. The van der Waals surface area contributed by atoms with Gasteiger partial charge < -0.3 is 15.3 Å². The van der Waals surface area contributed by atoms with Gasteiger partial charge in [-0.2, -0.15) is 0 Å². The molecule has 0 spiro atoms. The van der Waals surface area contributed by atoms with E-state index in [9.17, 15) is 9.90 Å². The highest BCUT2D eigenvalue weighted by Crippen LogP contribution is 2.44. The number of carbonyl (C=O) groups excluding carboxylic acids is 1. The molecule has 0 bridgehead atoms. The molecule has 0 aliphatic heterocycles. The van der Waals surface area contributed by atoms with Crippen LogP contribution in [-0.4, -0.2) is 37.3 Å². The first-order valence-electron chi connectivity index (χ1n) is 7.38. The Labute approximate surface area is 120 Å². The normalized spacial score (nSPS) is 15.8. The van der Waals surface area contributed by atoms with Gasteiger partial charge in [-0.15, -0.1) is 0 Å². The number of hydrogen-bond donors (Lipinski definition) is 2. The van der Waals surface area contributed by atoms with Gasteiger partial charge in [0.05, 0.1) is 6.61 Å². The van der Waals surface area contributed by atoms with Crippen LogP contribution in [0.15, 0.2) is 24.3 Å². The predicted octanol–water partition coefficient (Wildman–Crippen LogP) is 2.04. The van der Waals surface area contributed by atoms with Crippen LogP contribution in [0.4, 0.5) is 5.69 Å². The standard InChI is InChI=1S/C16H24N2O2/c1-3-18(4-2)14-7-5-13(6-8-14)15(20)17-11-16(12-19)9-10-16/h5-8,19H,3-4,9-12H2,1-2H3,(H,17,20). The molecule has 20 heavy (non-hydrogen) atoms. The van der Waals surface area contributed by atoms with Crippen molar-refractivity contribution in [3.63, 3.8) is 0 Å². The number of rotatable bonds is 7. The van der Waals surface area contributed by atoms with Crippen molar-refractivity contribution in [2.24, 2.45) is 5.41 Å². The summed E-state index contributed by atoms with van der Waals surface area (Å²) in [5.74, 6) is -0.0594. The predicted molar refractivity (Wildman–Crippen MR) is 81.1 cm³/mol. The smallest absolute Gasteiger partial charge is 0.251 e. The van der Waals surface area contributed by atoms with E-state index in [0.717, 1.165) is 31.6 Å². The number of aliphatic hydroxyl groups is 1. The number of amides is 1. The fraction of sp³-hybridized carbons (Fsp3) is 0.562. The van der Waals surface area contributed by atoms with Crippen molar-refractivity contribution in [1.29, 1.82) is 0 Å². The number of anilines is 1. The molecule has 0 radical (unpaired) electrons. The van der Waals surface area contributed by atoms with Crippen LogP contribution in [0, 0.1) is 5.41 Å². The fourth-order valence-corrected chi connectivity index (χ4v) is 2.35. The molecule has 4 heteroatoms. The molecule has 1 saturated carbocycles. The molecule has 2 N–H and O–H groups in total. The Morgan fingerprint density at radius 2 is 1.85 bits per heavy atom. The molecule has 110 valence electrons. The molecule has 1 fully saturated rings. The summed E-state index contributed by atoms with van der Waals surface area (Å²) in [6.07, 6.45) is 2.01. The van der Waals surface area contributed by atoms with Crippen molar-refractivity contribution in [1.82, 2.24) is 5.32 Å². The van der Waals surface area contributed by atoms with Gasteiger partial charge in [0.2, 0.25) is 0 Å². The summed E-state index contributed by atoms with van der Waals surface area (Å²) >= 11 is 0. The Morgan fingerprint density at radius 3 is 2.30 bits per heavy atom. The van der Waals surface area contributed by atoms with E-state index in [2.05, 4.69) is 24.1 Å². The highest BCUT2D eigenvalue weighted by molar-refractivity contribution is 5.94. The zero-order chi connectivity index (χ0) is 14.6. The minimum absolute atomic E-state index is 0.0448. The van der Waals surface area contributed by atoms with Gasteiger partial charge in [-0.25, -0.2) is 0 Å². The first-order chi connectivity index (χ1) is 9.64. The second-order valence-electron chi connectivity index (χ2n) is 5.56. The van der Waals surface area contributed by atoms with Gasteiger partial charge in [0.25, 0.3) is 5.91 Å². The molecule has 1 aromatic carbocycles. The minimum atomic E-state index is -0.0594. The van der Waals surface area contributed by atoms with Gasteiger partial charge in [-0.05, 0) is 51.0 Å². The Balaban J connectivity index is 1.93. The summed E-state index contributed by atoms with van der Waals surface area (Å²) in [6, 6.07) is 7.70. The van der Waals surface area contributed by atoms with Crippen molar-refractivity contribution >= 4 is 11.6 Å². The summed E-state index contributed by atoms with van der Waals surface area (Å²) in [6.45, 7) is 6.89. The summed E-state index contributed by atoms with van der Waals surface area (Å²) in [5, 5.41) is 12.2. The van der Waals surface area contributed by atoms with Gasteiger partial charge in [0, 0.05) is 36.3 Å². The van der Waals surface area contributed by atoms with E-state index < -0.39 is 0 Å². The van der Waals surface area contributed by atoms with Crippen molar-refractivity contribution in [3.8, 4) is 0 Å². The molecular formula is C16H24N2O2. The molecule has 2 rings (SSSR count). The van der Waals surface area contributed by atoms with E-state index >= 15 is 0 Å². The van der Waals surface area contributed by atoms with Gasteiger partial charge in [0.1, 0.15) is 0 Å². The van der Waals surface area contributed by atoms with E-state index in [-0.39, 0.29) is 17.9 Å². The first kappa shape index (κ1) is 14.9. The quantitative estimate of drug-likeness (QED) is 0.801. The fourth-order valence-electron chi connectivity index (χ4n) is 2.35. The zero-order valence-corrected chi connectivity index (χ0v) is 12.4. The number of carbonyl (C=O) groups is 1. The molecule has 0 heterocycles. The number of hydrogen-bond acceptors (Lipinski definition) is 3. The second kappa shape index (κ2) is 6.27. The summed E-state index contributed by atoms with van der Waals surface area (Å²) < 4.78 is 0. The molecule has 4 nitrogen and oxygen atoms in total.